The summed E-state index contributed by atoms with van der Waals surface area (Å²) in [5.74, 6) is 0.572. The Morgan fingerprint density at radius 1 is 1.18 bits per heavy atom. The second-order valence-corrected chi connectivity index (χ2v) is 11.3. The van der Waals surface area contributed by atoms with Gasteiger partial charge in [0.1, 0.15) is 16.1 Å². The highest BCUT2D eigenvalue weighted by molar-refractivity contribution is 6.76. The molecule has 1 rings (SSSR count). The molecular weight excluding hydrogens is 277 g/mol. The standard InChI is InChI=1S/C11H17Cl2NO2Si/c1-17(2,3)5-4-15-8-16-9-6-10(12)14-11(13)7-9/h6-7H,4-5,8H2,1-3H3. The van der Waals surface area contributed by atoms with E-state index in [1.54, 1.807) is 12.1 Å². The predicted octanol–water partition coefficient (Wildman–Crippen LogP) is 4.08. The quantitative estimate of drug-likeness (QED) is 0.343. The summed E-state index contributed by atoms with van der Waals surface area (Å²) in [6.45, 7) is 7.85. The van der Waals surface area contributed by atoms with Crippen molar-refractivity contribution < 1.29 is 9.47 Å². The first kappa shape index (κ1) is 14.8. The summed E-state index contributed by atoms with van der Waals surface area (Å²) >= 11 is 11.5. The lowest BCUT2D eigenvalue weighted by Crippen LogP contribution is -2.22. The Kier molecular flexibility index (Phi) is 5.72. The zero-order valence-electron chi connectivity index (χ0n) is 10.3. The number of pyridine rings is 1. The average molecular weight is 294 g/mol. The molecule has 0 amide bonds. The first-order valence-electron chi connectivity index (χ1n) is 5.40. The van der Waals surface area contributed by atoms with Crippen LogP contribution in [0.5, 0.6) is 5.75 Å². The second kappa shape index (κ2) is 6.59. The van der Waals surface area contributed by atoms with Crippen LogP contribution in [0.1, 0.15) is 0 Å². The zero-order chi connectivity index (χ0) is 12.9. The van der Waals surface area contributed by atoms with Crippen LogP contribution in [-0.4, -0.2) is 26.5 Å². The molecule has 96 valence electrons. The van der Waals surface area contributed by atoms with E-state index >= 15 is 0 Å². The van der Waals surface area contributed by atoms with Crippen LogP contribution in [0, 0.1) is 0 Å². The molecule has 17 heavy (non-hydrogen) atoms. The van der Waals surface area contributed by atoms with E-state index in [4.69, 9.17) is 32.7 Å². The third-order valence-corrected chi connectivity index (χ3v) is 4.13. The van der Waals surface area contributed by atoms with Crippen LogP contribution in [0.3, 0.4) is 0 Å². The van der Waals surface area contributed by atoms with Gasteiger partial charge in [-0.3, -0.25) is 0 Å². The highest BCUT2D eigenvalue weighted by atomic mass is 35.5. The van der Waals surface area contributed by atoms with Gasteiger partial charge in [-0.25, -0.2) is 4.98 Å². The number of nitrogens with zero attached hydrogens (tertiary/aromatic N) is 1. The molecule has 0 radical (unpaired) electrons. The maximum atomic E-state index is 5.74. The fourth-order valence-electron chi connectivity index (χ4n) is 1.07. The van der Waals surface area contributed by atoms with Crippen LogP contribution in [-0.2, 0) is 4.74 Å². The molecule has 6 heteroatoms. The van der Waals surface area contributed by atoms with Gasteiger partial charge in [0.15, 0.2) is 6.79 Å². The van der Waals surface area contributed by atoms with Crippen LogP contribution >= 0.6 is 23.2 Å². The van der Waals surface area contributed by atoms with Crippen LogP contribution < -0.4 is 4.74 Å². The van der Waals surface area contributed by atoms with Crippen LogP contribution in [0.4, 0.5) is 0 Å². The van der Waals surface area contributed by atoms with Crippen molar-refractivity contribution >= 4 is 31.3 Å². The monoisotopic (exact) mass is 293 g/mol. The number of rotatable bonds is 6. The van der Waals surface area contributed by atoms with E-state index in [2.05, 4.69) is 24.6 Å². The van der Waals surface area contributed by atoms with Gasteiger partial charge >= 0.3 is 0 Å². The molecule has 0 aliphatic heterocycles. The Balaban J connectivity index is 2.27. The minimum absolute atomic E-state index is 0.209. The summed E-state index contributed by atoms with van der Waals surface area (Å²) < 4.78 is 10.8. The van der Waals surface area contributed by atoms with E-state index in [1.165, 1.54) is 0 Å². The minimum atomic E-state index is -1.04. The summed E-state index contributed by atoms with van der Waals surface area (Å²) in [7, 11) is -1.04. The Hall–Kier alpha value is -0.293. The van der Waals surface area contributed by atoms with E-state index in [9.17, 15) is 0 Å². The molecule has 0 atom stereocenters. The molecule has 3 nitrogen and oxygen atoms in total. The van der Waals surface area contributed by atoms with Crippen molar-refractivity contribution in [3.63, 3.8) is 0 Å². The molecule has 0 bridgehead atoms. The van der Waals surface area contributed by atoms with Gasteiger partial charge in [-0.05, 0) is 6.04 Å². The van der Waals surface area contributed by atoms with Gasteiger partial charge in [0.25, 0.3) is 0 Å². The summed E-state index contributed by atoms with van der Waals surface area (Å²) in [5.41, 5.74) is 0. The molecule has 0 saturated carbocycles. The van der Waals surface area contributed by atoms with Crippen molar-refractivity contribution in [2.45, 2.75) is 25.7 Å². The summed E-state index contributed by atoms with van der Waals surface area (Å²) in [6, 6.07) is 4.33. The minimum Gasteiger partial charge on any atom is -0.467 e. The molecule has 0 N–H and O–H groups in total. The van der Waals surface area contributed by atoms with Gasteiger partial charge in [0.05, 0.1) is 0 Å². The predicted molar refractivity (Wildman–Crippen MR) is 73.9 cm³/mol. The SMILES string of the molecule is C[Si](C)(C)CCOCOc1cc(Cl)nc(Cl)c1. The van der Waals surface area contributed by atoms with Crippen molar-refractivity contribution in [2.24, 2.45) is 0 Å². The lowest BCUT2D eigenvalue weighted by molar-refractivity contribution is 0.0220. The van der Waals surface area contributed by atoms with Gasteiger partial charge in [-0.2, -0.15) is 0 Å². The lowest BCUT2D eigenvalue weighted by atomic mass is 10.4. The largest absolute Gasteiger partial charge is 0.467 e. The Morgan fingerprint density at radius 3 is 2.29 bits per heavy atom. The maximum absolute atomic E-state index is 5.74. The van der Waals surface area contributed by atoms with E-state index in [0.717, 1.165) is 12.7 Å². The molecule has 0 aliphatic rings. The fourth-order valence-corrected chi connectivity index (χ4v) is 2.27. The van der Waals surface area contributed by atoms with Crippen LogP contribution in [0.15, 0.2) is 12.1 Å². The normalized spacial score (nSPS) is 11.6. The molecule has 0 unspecified atom stereocenters. The number of hydrogen-bond donors (Lipinski definition) is 0. The molecular formula is C11H17Cl2NO2Si. The van der Waals surface area contributed by atoms with E-state index < -0.39 is 8.07 Å². The summed E-state index contributed by atoms with van der Waals surface area (Å²) in [6.07, 6.45) is 0. The highest BCUT2D eigenvalue weighted by Crippen LogP contribution is 2.20. The Labute approximate surface area is 113 Å². The zero-order valence-corrected chi connectivity index (χ0v) is 12.8. The first-order valence-corrected chi connectivity index (χ1v) is 9.87. The van der Waals surface area contributed by atoms with Crippen molar-refractivity contribution in [1.29, 1.82) is 0 Å². The molecule has 0 fully saturated rings. The van der Waals surface area contributed by atoms with Crippen molar-refractivity contribution in [1.82, 2.24) is 4.98 Å². The van der Waals surface area contributed by atoms with Crippen LogP contribution in [0.25, 0.3) is 0 Å². The number of halogens is 2. The Bertz CT molecular complexity index is 349. The van der Waals surface area contributed by atoms with E-state index in [-0.39, 0.29) is 6.79 Å². The summed E-state index contributed by atoms with van der Waals surface area (Å²) in [5, 5.41) is 0.629. The number of hydrogen-bond acceptors (Lipinski definition) is 3. The molecule has 1 aromatic heterocycles. The van der Waals surface area contributed by atoms with Crippen molar-refractivity contribution in [2.75, 3.05) is 13.4 Å². The summed E-state index contributed by atoms with van der Waals surface area (Å²) in [4.78, 5) is 3.83. The molecule has 0 aromatic carbocycles. The van der Waals surface area contributed by atoms with Gasteiger partial charge in [0, 0.05) is 26.8 Å². The Morgan fingerprint density at radius 2 is 1.76 bits per heavy atom. The maximum Gasteiger partial charge on any atom is 0.189 e. The van der Waals surface area contributed by atoms with Crippen molar-refractivity contribution in [3.05, 3.63) is 22.4 Å². The molecule has 1 aromatic rings. The number of ether oxygens (including phenoxy) is 2. The van der Waals surface area contributed by atoms with E-state index in [1.807, 2.05) is 0 Å². The van der Waals surface area contributed by atoms with Gasteiger partial charge < -0.3 is 9.47 Å². The van der Waals surface area contributed by atoms with E-state index in [0.29, 0.717) is 16.1 Å². The smallest absolute Gasteiger partial charge is 0.189 e. The molecule has 0 spiro atoms. The average Bonchev–Trinajstić information content (AvgIpc) is 2.13. The first-order chi connectivity index (χ1) is 7.87. The van der Waals surface area contributed by atoms with Gasteiger partial charge in [-0.15, -0.1) is 0 Å². The topological polar surface area (TPSA) is 31.4 Å². The third-order valence-electron chi connectivity index (χ3n) is 2.04. The van der Waals surface area contributed by atoms with Gasteiger partial charge in [0.2, 0.25) is 0 Å². The lowest BCUT2D eigenvalue weighted by Gasteiger charge is -2.15. The fraction of sp³-hybridized carbons (Fsp3) is 0.545. The number of aromatic nitrogens is 1. The van der Waals surface area contributed by atoms with Gasteiger partial charge in [-0.1, -0.05) is 42.8 Å². The van der Waals surface area contributed by atoms with Crippen molar-refractivity contribution in [3.8, 4) is 5.75 Å². The molecule has 1 heterocycles. The van der Waals surface area contributed by atoms with Crippen LogP contribution in [0.2, 0.25) is 36.0 Å². The highest BCUT2D eigenvalue weighted by Gasteiger charge is 2.11. The molecule has 0 aliphatic carbocycles. The molecule has 0 saturated heterocycles. The second-order valence-electron chi connectivity index (χ2n) is 4.93. The third kappa shape index (κ3) is 6.88.